The van der Waals surface area contributed by atoms with E-state index in [-0.39, 0.29) is 67.0 Å². The molecule has 58 heavy (non-hydrogen) atoms. The van der Waals surface area contributed by atoms with Crippen molar-refractivity contribution in [1.82, 2.24) is 0 Å². The summed E-state index contributed by atoms with van der Waals surface area (Å²) in [7, 11) is 0. The minimum atomic E-state index is -0.752. The van der Waals surface area contributed by atoms with Gasteiger partial charge in [-0.05, 0) is 84.9 Å². The highest BCUT2D eigenvalue weighted by atomic mass is 16.2. The molecule has 0 radical (unpaired) electrons. The first-order valence-corrected chi connectivity index (χ1v) is 17.8. The van der Waals surface area contributed by atoms with Gasteiger partial charge in [0, 0.05) is 11.1 Å². The molecule has 10 rings (SSSR count). The Hall–Kier alpha value is -8.45. The van der Waals surface area contributed by atoms with Crippen molar-refractivity contribution in [3.63, 3.8) is 0 Å². The molecule has 13 heteroatoms. The molecule has 8 amide bonds. The zero-order valence-electron chi connectivity index (χ0n) is 29.7. The van der Waals surface area contributed by atoms with Crippen LogP contribution in [-0.4, -0.2) is 53.0 Å². The van der Waals surface area contributed by atoms with Crippen molar-refractivity contribution in [2.24, 2.45) is 0 Å². The molecule has 0 saturated carbocycles. The predicted octanol–water partition coefficient (Wildman–Crippen LogP) is 6.12. The van der Waals surface area contributed by atoms with Gasteiger partial charge in [0.15, 0.2) is 5.78 Å². The van der Waals surface area contributed by atoms with E-state index in [1.54, 1.807) is 60.7 Å². The van der Waals surface area contributed by atoms with Crippen LogP contribution < -0.4 is 19.6 Å². The minimum absolute atomic E-state index is 0.0159. The van der Waals surface area contributed by atoms with Crippen molar-refractivity contribution < 1.29 is 43.2 Å². The van der Waals surface area contributed by atoms with E-state index >= 15 is 0 Å². The molecule has 6 aromatic carbocycles. The number of amides is 8. The predicted molar refractivity (Wildman–Crippen MR) is 207 cm³/mol. The lowest BCUT2D eigenvalue weighted by Gasteiger charge is -2.14. The van der Waals surface area contributed by atoms with Crippen molar-refractivity contribution >= 4 is 75.8 Å². The minimum Gasteiger partial charge on any atom is -0.289 e. The summed E-state index contributed by atoms with van der Waals surface area (Å²) in [6, 6.07) is 32.9. The van der Waals surface area contributed by atoms with Crippen LogP contribution in [0.3, 0.4) is 0 Å². The zero-order valence-corrected chi connectivity index (χ0v) is 29.7. The molecule has 13 nitrogen and oxygen atoms in total. The van der Waals surface area contributed by atoms with Crippen LogP contribution in [0.4, 0.5) is 22.7 Å². The van der Waals surface area contributed by atoms with E-state index in [0.29, 0.717) is 11.4 Å². The maximum Gasteiger partial charge on any atom is 0.266 e. The van der Waals surface area contributed by atoms with Gasteiger partial charge in [-0.2, -0.15) is 0 Å². The summed E-state index contributed by atoms with van der Waals surface area (Å²) in [4.78, 5) is 125. The summed E-state index contributed by atoms with van der Waals surface area (Å²) >= 11 is 0. The molecule has 0 N–H and O–H groups in total. The topological polar surface area (TPSA) is 167 Å². The molecule has 0 spiro atoms. The summed E-state index contributed by atoms with van der Waals surface area (Å²) in [5.74, 6) is -5.79. The van der Waals surface area contributed by atoms with Gasteiger partial charge in [-0.15, -0.1) is 0 Å². The highest BCUT2D eigenvalue weighted by Crippen LogP contribution is 2.37. The summed E-state index contributed by atoms with van der Waals surface area (Å²) in [5.41, 5.74) is 1.09. The third-order valence-electron chi connectivity index (χ3n) is 10.6. The highest BCUT2D eigenvalue weighted by Gasteiger charge is 2.43. The third-order valence-corrected chi connectivity index (χ3v) is 10.6. The fourth-order valence-corrected chi connectivity index (χ4v) is 7.76. The number of imide groups is 4. The Labute approximate surface area is 326 Å². The lowest BCUT2D eigenvalue weighted by Crippen LogP contribution is -2.30. The number of ketones is 1. The monoisotopic (exact) mass is 762 g/mol. The Balaban J connectivity index is 0.905. The number of nitrogens with zero attached hydrogens (tertiary/aromatic N) is 4. The van der Waals surface area contributed by atoms with Crippen molar-refractivity contribution in [3.05, 3.63) is 189 Å². The number of benzene rings is 6. The molecule has 0 fully saturated rings. The van der Waals surface area contributed by atoms with Gasteiger partial charge in [-0.3, -0.25) is 43.2 Å². The Morgan fingerprint density at radius 2 is 0.552 bits per heavy atom. The van der Waals surface area contributed by atoms with Crippen molar-refractivity contribution in [1.29, 1.82) is 0 Å². The van der Waals surface area contributed by atoms with Crippen molar-refractivity contribution in [2.75, 3.05) is 19.6 Å². The van der Waals surface area contributed by atoms with E-state index in [2.05, 4.69) is 0 Å². The number of carbonyl (C=O) groups is 9. The van der Waals surface area contributed by atoms with Gasteiger partial charge in [0.1, 0.15) is 0 Å². The molecule has 0 atom stereocenters. The molecule has 0 unspecified atom stereocenters. The first-order valence-electron chi connectivity index (χ1n) is 17.8. The van der Waals surface area contributed by atoms with E-state index in [1.807, 2.05) is 0 Å². The fourth-order valence-electron chi connectivity index (χ4n) is 7.76. The number of anilines is 4. The second kappa shape index (κ2) is 12.3. The Kier molecular flexibility index (Phi) is 7.21. The van der Waals surface area contributed by atoms with E-state index in [0.717, 1.165) is 19.6 Å². The second-order valence-electron chi connectivity index (χ2n) is 13.8. The Bertz CT molecular complexity index is 2790. The number of para-hydroxylation sites is 2. The second-order valence-corrected chi connectivity index (χ2v) is 13.8. The molecular weight excluding hydrogens is 741 g/mol. The van der Waals surface area contributed by atoms with Crippen LogP contribution in [0.5, 0.6) is 0 Å². The number of carbonyl (C=O) groups excluding carboxylic acids is 9. The van der Waals surface area contributed by atoms with Crippen molar-refractivity contribution in [3.8, 4) is 0 Å². The Morgan fingerprint density at radius 1 is 0.276 bits per heavy atom. The molecule has 0 aliphatic carbocycles. The van der Waals surface area contributed by atoms with Crippen LogP contribution in [0.2, 0.25) is 0 Å². The molecular formula is C45H22N4O9. The van der Waals surface area contributed by atoms with Crippen LogP contribution >= 0.6 is 0 Å². The molecule has 276 valence electrons. The molecule has 0 bridgehead atoms. The van der Waals surface area contributed by atoms with Crippen LogP contribution in [0.25, 0.3) is 0 Å². The number of fused-ring (bicyclic) bond motifs is 4. The molecule has 4 heterocycles. The van der Waals surface area contributed by atoms with Gasteiger partial charge in [-0.25, -0.2) is 19.6 Å². The number of hydrogen-bond donors (Lipinski definition) is 0. The van der Waals surface area contributed by atoms with Crippen molar-refractivity contribution in [2.45, 2.75) is 0 Å². The normalized spacial score (nSPS) is 15.4. The van der Waals surface area contributed by atoms with Crippen LogP contribution in [0.1, 0.15) is 98.8 Å². The van der Waals surface area contributed by atoms with Crippen LogP contribution in [0, 0.1) is 0 Å². The van der Waals surface area contributed by atoms with Gasteiger partial charge in [0.05, 0.1) is 67.3 Å². The first kappa shape index (κ1) is 34.1. The van der Waals surface area contributed by atoms with Gasteiger partial charge < -0.3 is 0 Å². The smallest absolute Gasteiger partial charge is 0.266 e. The standard InChI is InChI=1S/C45H22N4O9/c50-37(23-11-15-29-33(19-23)42(55)48(40(29)53)27-13-17-31-35(21-27)44(57)46(38(31)51)25-7-3-1-4-8-25)24-12-16-30-34(20-24)43(56)49(41(30)54)28-14-18-32-36(22-28)45(58)47(39(32)52)26-9-5-2-6-10-26/h1-22H. The molecule has 4 aliphatic heterocycles. The van der Waals surface area contributed by atoms with Crippen LogP contribution in [-0.2, 0) is 0 Å². The largest absolute Gasteiger partial charge is 0.289 e. The lowest BCUT2D eigenvalue weighted by atomic mass is 9.96. The average Bonchev–Trinajstić information content (AvgIpc) is 3.85. The molecule has 4 aliphatic rings. The number of hydrogen-bond acceptors (Lipinski definition) is 9. The lowest BCUT2D eigenvalue weighted by molar-refractivity contribution is 0.0909. The molecule has 0 saturated heterocycles. The summed E-state index contributed by atoms with van der Waals surface area (Å²) in [6.07, 6.45) is 0. The summed E-state index contributed by atoms with van der Waals surface area (Å²) < 4.78 is 0. The first-order chi connectivity index (χ1) is 28.0. The average molecular weight is 763 g/mol. The van der Waals surface area contributed by atoms with E-state index in [9.17, 15) is 43.2 Å². The number of rotatable bonds is 6. The maximum atomic E-state index is 13.8. The Morgan fingerprint density at radius 3 is 0.897 bits per heavy atom. The van der Waals surface area contributed by atoms with E-state index < -0.39 is 53.0 Å². The highest BCUT2D eigenvalue weighted by molar-refractivity contribution is 6.39. The van der Waals surface area contributed by atoms with Gasteiger partial charge in [0.2, 0.25) is 0 Å². The summed E-state index contributed by atoms with van der Waals surface area (Å²) in [5, 5.41) is 0. The fraction of sp³-hybridized carbons (Fsp3) is 0. The van der Waals surface area contributed by atoms with E-state index in [1.165, 1.54) is 72.8 Å². The summed E-state index contributed by atoms with van der Waals surface area (Å²) in [6.45, 7) is 0. The SMILES string of the molecule is O=C(c1ccc2c(c1)C(=O)N(c1ccc3c(c1)C(=O)N(c1ccccc1)C3=O)C2=O)c1ccc2c(c1)C(=O)N(c1ccc3c(c1)C(=O)N(c1ccccc1)C3=O)C2=O. The molecule has 6 aromatic rings. The van der Waals surface area contributed by atoms with Gasteiger partial charge in [0.25, 0.3) is 47.3 Å². The maximum absolute atomic E-state index is 13.8. The van der Waals surface area contributed by atoms with Gasteiger partial charge >= 0.3 is 0 Å². The van der Waals surface area contributed by atoms with Gasteiger partial charge in [-0.1, -0.05) is 48.5 Å². The third kappa shape index (κ3) is 4.73. The quantitative estimate of drug-likeness (QED) is 0.144. The van der Waals surface area contributed by atoms with Crippen LogP contribution in [0.15, 0.2) is 133 Å². The zero-order chi connectivity index (χ0) is 40.1. The molecule has 0 aromatic heterocycles. The van der Waals surface area contributed by atoms with E-state index in [4.69, 9.17) is 0 Å².